The van der Waals surface area contributed by atoms with Crippen molar-refractivity contribution in [1.29, 1.82) is 0 Å². The van der Waals surface area contributed by atoms with Gasteiger partial charge in [0.15, 0.2) is 3.95 Å². The second-order valence-electron chi connectivity index (χ2n) is 4.53. The number of allylic oxidation sites excluding steroid dienone is 2. The van der Waals surface area contributed by atoms with Gasteiger partial charge in [-0.25, -0.2) is 0 Å². The smallest absolute Gasteiger partial charge is 0.208 e. The molecule has 2 aromatic rings. The predicted molar refractivity (Wildman–Crippen MR) is 88.1 cm³/mol. The van der Waals surface area contributed by atoms with Crippen LogP contribution in [-0.4, -0.2) is 10.1 Å². The van der Waals surface area contributed by atoms with Crippen LogP contribution < -0.4 is 10.4 Å². The van der Waals surface area contributed by atoms with Gasteiger partial charge in [-0.3, -0.25) is 0 Å². The Balaban J connectivity index is 1.93. The standard InChI is InChI=1S/C14H11N5OS2/c1-8(11-13(20)15-14(21)22-11)2-3-9-4-6-10(7-5-9)12-16-18-19-17-12/h2-7,20H,1H3,(H,15,21). The van der Waals surface area contributed by atoms with Gasteiger partial charge in [0.2, 0.25) is 11.7 Å². The Bertz CT molecular complexity index is 944. The van der Waals surface area contributed by atoms with Crippen molar-refractivity contribution < 1.29 is 5.11 Å². The molecule has 0 radical (unpaired) electrons. The lowest BCUT2D eigenvalue weighted by Gasteiger charge is -1.95. The molecule has 1 aliphatic rings. The fourth-order valence-electron chi connectivity index (χ4n) is 1.89. The Morgan fingerprint density at radius 2 is 1.91 bits per heavy atom. The first kappa shape index (κ1) is 14.5. The molecule has 1 aromatic heterocycles. The van der Waals surface area contributed by atoms with Gasteiger partial charge in [0.1, 0.15) is 0 Å². The maximum Gasteiger partial charge on any atom is 0.208 e. The number of rotatable bonds is 2. The molecule has 0 saturated heterocycles. The molecule has 2 heterocycles. The molecule has 0 saturated carbocycles. The molecule has 110 valence electrons. The second-order valence-corrected chi connectivity index (χ2v) is 6.22. The van der Waals surface area contributed by atoms with E-state index in [1.807, 2.05) is 43.3 Å². The van der Waals surface area contributed by atoms with Gasteiger partial charge >= 0.3 is 0 Å². The van der Waals surface area contributed by atoms with Crippen LogP contribution in [0.2, 0.25) is 0 Å². The van der Waals surface area contributed by atoms with Crippen molar-refractivity contribution in [2.75, 3.05) is 0 Å². The van der Waals surface area contributed by atoms with Crippen LogP contribution in [0, 0.1) is 3.95 Å². The molecule has 6 nitrogen and oxygen atoms in total. The van der Waals surface area contributed by atoms with Crippen LogP contribution >= 0.6 is 23.6 Å². The lowest BCUT2D eigenvalue weighted by Crippen LogP contribution is -2.08. The Labute approximate surface area is 134 Å². The summed E-state index contributed by atoms with van der Waals surface area (Å²) in [6.45, 7) is 1.92. The van der Waals surface area contributed by atoms with Crippen molar-refractivity contribution in [2.24, 2.45) is 20.7 Å². The lowest BCUT2D eigenvalue weighted by molar-refractivity contribution is 0.455. The van der Waals surface area contributed by atoms with Gasteiger partial charge in [-0.2, -0.15) is 0 Å². The summed E-state index contributed by atoms with van der Waals surface area (Å²) in [7, 11) is 0. The number of aromatic amines is 1. The molecule has 22 heavy (non-hydrogen) atoms. The van der Waals surface area contributed by atoms with Gasteiger partial charge < -0.3 is 10.1 Å². The molecule has 0 aliphatic carbocycles. The molecule has 2 N–H and O–H groups in total. The summed E-state index contributed by atoms with van der Waals surface area (Å²) >= 11 is 6.36. The summed E-state index contributed by atoms with van der Waals surface area (Å²) in [5, 5.41) is 26.2. The number of nitrogens with one attached hydrogen (secondary N) is 1. The summed E-state index contributed by atoms with van der Waals surface area (Å²) in [5.74, 6) is 0.621. The Kier molecular flexibility index (Phi) is 4.03. The first-order chi connectivity index (χ1) is 10.6. The van der Waals surface area contributed by atoms with Crippen molar-refractivity contribution in [1.82, 2.24) is 4.98 Å². The van der Waals surface area contributed by atoms with Crippen molar-refractivity contribution in [3.05, 3.63) is 49.6 Å². The van der Waals surface area contributed by atoms with E-state index in [0.717, 1.165) is 20.9 Å². The van der Waals surface area contributed by atoms with Crippen molar-refractivity contribution >= 4 is 41.0 Å². The number of hydrogen-bond acceptors (Lipinski definition) is 7. The molecule has 8 heteroatoms. The molecule has 0 atom stereocenters. The van der Waals surface area contributed by atoms with Gasteiger partial charge in [-0.1, -0.05) is 36.4 Å². The molecule has 0 bridgehead atoms. The topological polar surface area (TPSA) is 85.5 Å². The summed E-state index contributed by atoms with van der Waals surface area (Å²) in [6.07, 6.45) is 3.90. The molecule has 1 aliphatic heterocycles. The molecule has 1 aromatic carbocycles. The fraction of sp³-hybridized carbons (Fsp3) is 0.0714. The highest BCUT2D eigenvalue weighted by molar-refractivity contribution is 7.73. The van der Waals surface area contributed by atoms with Crippen LogP contribution in [0.4, 0.5) is 0 Å². The number of aromatic nitrogens is 1. The van der Waals surface area contributed by atoms with Crippen LogP contribution in [0.3, 0.4) is 0 Å². The van der Waals surface area contributed by atoms with E-state index >= 15 is 0 Å². The summed E-state index contributed by atoms with van der Waals surface area (Å²) < 4.78 is 0.557. The Hall–Kier alpha value is -2.45. The third kappa shape index (κ3) is 3.07. The van der Waals surface area contributed by atoms with Crippen LogP contribution in [0.25, 0.3) is 17.5 Å². The summed E-state index contributed by atoms with van der Waals surface area (Å²) in [4.78, 5) is 3.47. The number of nitrogens with zero attached hydrogens (tertiary/aromatic N) is 4. The maximum absolute atomic E-state index is 9.75. The first-order valence-corrected chi connectivity index (χ1v) is 7.59. The lowest BCUT2D eigenvalue weighted by atomic mass is 10.2. The van der Waals surface area contributed by atoms with E-state index in [-0.39, 0.29) is 5.88 Å². The van der Waals surface area contributed by atoms with E-state index in [4.69, 9.17) is 12.2 Å². The highest BCUT2D eigenvalue weighted by Gasteiger charge is 2.05. The first-order valence-electron chi connectivity index (χ1n) is 6.37. The van der Waals surface area contributed by atoms with Gasteiger partial charge in [-0.15, -0.1) is 21.6 Å². The van der Waals surface area contributed by atoms with Crippen LogP contribution in [-0.2, 0) is 0 Å². The molecular weight excluding hydrogens is 318 g/mol. The van der Waals surface area contributed by atoms with Crippen molar-refractivity contribution in [3.8, 4) is 5.88 Å². The van der Waals surface area contributed by atoms with E-state index in [1.165, 1.54) is 11.3 Å². The number of hydrogen-bond donors (Lipinski definition) is 2. The average molecular weight is 329 g/mol. The highest BCUT2D eigenvalue weighted by Crippen LogP contribution is 2.28. The Morgan fingerprint density at radius 1 is 1.23 bits per heavy atom. The van der Waals surface area contributed by atoms with Crippen LogP contribution in [0.15, 0.2) is 51.0 Å². The van der Waals surface area contributed by atoms with Gasteiger partial charge in [-0.05, 0) is 40.4 Å². The van der Waals surface area contributed by atoms with E-state index in [0.29, 0.717) is 9.78 Å². The number of H-pyrrole nitrogens is 1. The minimum absolute atomic E-state index is 0.112. The van der Waals surface area contributed by atoms with Crippen molar-refractivity contribution in [3.63, 3.8) is 0 Å². The molecular formula is C14H11N5OS2. The van der Waals surface area contributed by atoms with E-state index in [1.54, 1.807) is 0 Å². The maximum atomic E-state index is 9.75. The van der Waals surface area contributed by atoms with Gasteiger partial charge in [0.25, 0.3) is 0 Å². The fourth-order valence-corrected chi connectivity index (χ4v) is 2.94. The molecule has 0 unspecified atom stereocenters. The molecule has 3 rings (SSSR count). The summed E-state index contributed by atoms with van der Waals surface area (Å²) in [5.41, 5.74) is 0.937. The third-order valence-corrected chi connectivity index (χ3v) is 4.36. The number of benzene rings is 1. The van der Waals surface area contributed by atoms with E-state index in [9.17, 15) is 5.11 Å². The molecule has 0 amide bonds. The zero-order valence-electron chi connectivity index (χ0n) is 11.5. The normalized spacial score (nSPS) is 13.9. The number of thiazole rings is 1. The van der Waals surface area contributed by atoms with Crippen LogP contribution in [0.5, 0.6) is 5.88 Å². The predicted octanol–water partition coefficient (Wildman–Crippen LogP) is 3.29. The minimum Gasteiger partial charge on any atom is -0.494 e. The largest absolute Gasteiger partial charge is 0.494 e. The Morgan fingerprint density at radius 3 is 2.50 bits per heavy atom. The minimum atomic E-state index is 0.112. The number of aromatic hydroxyl groups is 1. The van der Waals surface area contributed by atoms with E-state index in [2.05, 4.69) is 25.7 Å². The van der Waals surface area contributed by atoms with Gasteiger partial charge in [0.05, 0.1) is 4.88 Å². The van der Waals surface area contributed by atoms with Gasteiger partial charge in [0, 0.05) is 5.22 Å². The molecule has 0 spiro atoms. The third-order valence-electron chi connectivity index (χ3n) is 3.00. The second kappa shape index (κ2) is 6.12. The van der Waals surface area contributed by atoms with Crippen molar-refractivity contribution in [2.45, 2.75) is 6.92 Å². The zero-order chi connectivity index (χ0) is 15.5. The monoisotopic (exact) mass is 329 g/mol. The molecule has 0 fully saturated rings. The van der Waals surface area contributed by atoms with Crippen LogP contribution in [0.1, 0.15) is 11.8 Å². The SMILES string of the molecule is CC(=CC=c1ccc(=C2N=NN=N2)cc1)c1sc(=S)[nH]c1O. The zero-order valence-corrected chi connectivity index (χ0v) is 13.1. The average Bonchev–Trinajstić information content (AvgIpc) is 3.15. The van der Waals surface area contributed by atoms with E-state index < -0.39 is 0 Å². The quantitative estimate of drug-likeness (QED) is 0.828. The summed E-state index contributed by atoms with van der Waals surface area (Å²) in [6, 6.07) is 7.72. The highest BCUT2D eigenvalue weighted by atomic mass is 32.1.